The summed E-state index contributed by atoms with van der Waals surface area (Å²) in [4.78, 5) is 50.5. The number of carbonyl (C=O) groups is 4. The van der Waals surface area contributed by atoms with E-state index in [2.05, 4.69) is 5.32 Å². The Bertz CT molecular complexity index is 599. The van der Waals surface area contributed by atoms with Crippen molar-refractivity contribution in [3.05, 3.63) is 23.5 Å². The van der Waals surface area contributed by atoms with Gasteiger partial charge in [-0.25, -0.2) is 4.79 Å². The molecule has 2 unspecified atom stereocenters. The van der Waals surface area contributed by atoms with E-state index in [0.29, 0.717) is 11.4 Å². The van der Waals surface area contributed by atoms with Gasteiger partial charge in [0, 0.05) is 12.2 Å². The molecule has 8 nitrogen and oxygen atoms in total. The lowest BCUT2D eigenvalue weighted by Gasteiger charge is -2.34. The highest BCUT2D eigenvalue weighted by atomic mass is 16.6. The Morgan fingerprint density at radius 3 is 2.36 bits per heavy atom. The molecule has 3 aliphatic rings. The van der Waals surface area contributed by atoms with Crippen molar-refractivity contribution in [1.29, 1.82) is 0 Å². The SMILES string of the molecule is CC1NC(=O)/C=C\C(=O)OC(C)N2C(=O)CC3=C2N1C(=O)C3. The van der Waals surface area contributed by atoms with Crippen LogP contribution >= 0.6 is 0 Å². The summed E-state index contributed by atoms with van der Waals surface area (Å²) in [5.41, 5.74) is 0.686. The topological polar surface area (TPSA) is 96.0 Å². The molecule has 0 aromatic rings. The summed E-state index contributed by atoms with van der Waals surface area (Å²) >= 11 is 0. The van der Waals surface area contributed by atoms with Gasteiger partial charge in [0.1, 0.15) is 12.0 Å². The molecule has 3 amide bonds. The van der Waals surface area contributed by atoms with E-state index < -0.39 is 24.3 Å². The zero-order valence-electron chi connectivity index (χ0n) is 12.2. The molecule has 0 spiro atoms. The molecule has 0 aromatic carbocycles. The summed E-state index contributed by atoms with van der Waals surface area (Å²) in [5.74, 6) is -1.25. The number of hydrogen-bond acceptors (Lipinski definition) is 5. The van der Waals surface area contributed by atoms with Crippen molar-refractivity contribution < 1.29 is 23.9 Å². The fraction of sp³-hybridized carbons (Fsp3) is 0.429. The normalized spacial score (nSPS) is 30.1. The van der Waals surface area contributed by atoms with Crippen molar-refractivity contribution in [2.75, 3.05) is 0 Å². The van der Waals surface area contributed by atoms with Crippen LogP contribution in [-0.2, 0) is 23.9 Å². The van der Waals surface area contributed by atoms with Crippen LogP contribution in [-0.4, -0.2) is 45.9 Å². The van der Waals surface area contributed by atoms with Gasteiger partial charge in [0.25, 0.3) is 0 Å². The second-order valence-electron chi connectivity index (χ2n) is 5.36. The number of carbonyl (C=O) groups excluding carboxylic acids is 4. The van der Waals surface area contributed by atoms with Crippen molar-refractivity contribution >= 4 is 23.7 Å². The van der Waals surface area contributed by atoms with E-state index >= 15 is 0 Å². The van der Waals surface area contributed by atoms with Crippen LogP contribution in [0.1, 0.15) is 26.7 Å². The molecular formula is C14H15N3O5. The van der Waals surface area contributed by atoms with Gasteiger partial charge < -0.3 is 10.1 Å². The maximum Gasteiger partial charge on any atom is 0.332 e. The van der Waals surface area contributed by atoms with E-state index in [-0.39, 0.29) is 24.7 Å². The molecule has 22 heavy (non-hydrogen) atoms. The maximum atomic E-state index is 12.2. The van der Waals surface area contributed by atoms with Gasteiger partial charge in [0.15, 0.2) is 6.23 Å². The third-order valence-electron chi connectivity index (χ3n) is 3.80. The number of nitrogens with one attached hydrogen (secondary N) is 1. The molecule has 0 aromatic heterocycles. The summed E-state index contributed by atoms with van der Waals surface area (Å²) in [6, 6.07) is 0. The van der Waals surface area contributed by atoms with Gasteiger partial charge >= 0.3 is 5.97 Å². The van der Waals surface area contributed by atoms with E-state index in [1.54, 1.807) is 13.8 Å². The van der Waals surface area contributed by atoms with Gasteiger partial charge in [-0.2, -0.15) is 0 Å². The largest absolute Gasteiger partial charge is 0.438 e. The third kappa shape index (κ3) is 2.16. The third-order valence-corrected chi connectivity index (χ3v) is 3.80. The second kappa shape index (κ2) is 4.97. The first kappa shape index (κ1) is 14.3. The molecular weight excluding hydrogens is 290 g/mol. The lowest BCUT2D eigenvalue weighted by atomic mass is 10.2. The van der Waals surface area contributed by atoms with Crippen LogP contribution in [0.3, 0.4) is 0 Å². The van der Waals surface area contributed by atoms with E-state index in [1.807, 2.05) is 0 Å². The Morgan fingerprint density at radius 1 is 1.05 bits per heavy atom. The van der Waals surface area contributed by atoms with Gasteiger partial charge in [0.2, 0.25) is 17.7 Å². The lowest BCUT2D eigenvalue weighted by molar-refractivity contribution is -0.156. The monoisotopic (exact) mass is 305 g/mol. The minimum absolute atomic E-state index is 0.121. The van der Waals surface area contributed by atoms with Gasteiger partial charge in [-0.3, -0.25) is 24.2 Å². The Morgan fingerprint density at radius 2 is 1.68 bits per heavy atom. The molecule has 2 atom stereocenters. The molecule has 8 heteroatoms. The standard InChI is InChI=1S/C14H15N3O5/c1-7-15-10(18)3-4-13(21)22-8(2)17-12(20)6-9-5-11(19)16(7)14(9)17/h3-4,7-8H,5-6H2,1-2H3,(H,15,18)/b4-3-. The Kier molecular flexibility index (Phi) is 3.23. The fourth-order valence-corrected chi connectivity index (χ4v) is 2.95. The molecule has 0 fully saturated rings. The highest BCUT2D eigenvalue weighted by Gasteiger charge is 2.46. The van der Waals surface area contributed by atoms with Crippen molar-refractivity contribution in [2.24, 2.45) is 0 Å². The van der Waals surface area contributed by atoms with Crippen molar-refractivity contribution in [3.8, 4) is 0 Å². The zero-order valence-corrected chi connectivity index (χ0v) is 12.2. The molecule has 0 radical (unpaired) electrons. The molecule has 0 saturated carbocycles. The highest BCUT2D eigenvalue weighted by molar-refractivity contribution is 5.97. The van der Waals surface area contributed by atoms with E-state index in [1.165, 1.54) is 9.80 Å². The van der Waals surface area contributed by atoms with Crippen LogP contribution in [0.5, 0.6) is 0 Å². The lowest BCUT2D eigenvalue weighted by Crippen LogP contribution is -2.51. The first-order chi connectivity index (χ1) is 10.4. The Hall–Kier alpha value is -2.64. The number of esters is 1. The predicted molar refractivity (Wildman–Crippen MR) is 72.3 cm³/mol. The second-order valence-corrected chi connectivity index (χ2v) is 5.36. The smallest absolute Gasteiger partial charge is 0.332 e. The molecule has 3 rings (SSSR count). The first-order valence-electron chi connectivity index (χ1n) is 6.94. The van der Waals surface area contributed by atoms with Crippen molar-refractivity contribution in [2.45, 2.75) is 39.1 Å². The summed E-state index contributed by atoms with van der Waals surface area (Å²) < 4.78 is 5.14. The average Bonchev–Trinajstić information content (AvgIpc) is 2.87. The van der Waals surface area contributed by atoms with E-state index in [0.717, 1.165) is 12.2 Å². The van der Waals surface area contributed by atoms with Crippen LogP contribution in [0.4, 0.5) is 0 Å². The minimum atomic E-state index is -0.856. The number of cyclic esters (lactones) is 1. The number of nitrogens with zero attached hydrogens (tertiary/aromatic N) is 2. The van der Waals surface area contributed by atoms with Gasteiger partial charge in [-0.1, -0.05) is 0 Å². The van der Waals surface area contributed by atoms with Gasteiger partial charge in [0.05, 0.1) is 12.8 Å². The quantitative estimate of drug-likeness (QED) is 0.613. The fourth-order valence-electron chi connectivity index (χ4n) is 2.95. The van der Waals surface area contributed by atoms with Gasteiger partial charge in [-0.15, -0.1) is 0 Å². The molecule has 0 aliphatic carbocycles. The van der Waals surface area contributed by atoms with Crippen LogP contribution in [0, 0.1) is 0 Å². The number of rotatable bonds is 0. The Balaban J connectivity index is 2.04. The molecule has 3 heterocycles. The maximum absolute atomic E-state index is 12.2. The first-order valence-corrected chi connectivity index (χ1v) is 6.94. The predicted octanol–water partition coefficient (Wildman–Crippen LogP) is -0.416. The highest BCUT2D eigenvalue weighted by Crippen LogP contribution is 2.38. The van der Waals surface area contributed by atoms with E-state index in [9.17, 15) is 19.2 Å². The van der Waals surface area contributed by atoms with Crippen molar-refractivity contribution in [1.82, 2.24) is 15.1 Å². The van der Waals surface area contributed by atoms with Crippen LogP contribution < -0.4 is 5.32 Å². The summed E-state index contributed by atoms with van der Waals surface area (Å²) in [6.45, 7) is 3.20. The zero-order chi connectivity index (χ0) is 16.0. The number of amides is 3. The Labute approximate surface area is 126 Å². The molecule has 1 N–H and O–H groups in total. The summed E-state index contributed by atoms with van der Waals surface area (Å²) in [6.07, 6.45) is 0.799. The number of ether oxygens (including phenoxy) is 1. The molecule has 0 saturated heterocycles. The van der Waals surface area contributed by atoms with Crippen LogP contribution in [0.2, 0.25) is 0 Å². The average molecular weight is 305 g/mol. The van der Waals surface area contributed by atoms with Crippen LogP contribution in [0.25, 0.3) is 0 Å². The number of hydrogen-bond donors (Lipinski definition) is 1. The van der Waals surface area contributed by atoms with Crippen LogP contribution in [0.15, 0.2) is 23.5 Å². The molecule has 116 valence electrons. The summed E-state index contributed by atoms with van der Waals surface area (Å²) in [5, 5.41) is 2.60. The van der Waals surface area contributed by atoms with E-state index in [4.69, 9.17) is 4.74 Å². The van der Waals surface area contributed by atoms with Crippen molar-refractivity contribution in [3.63, 3.8) is 0 Å². The van der Waals surface area contributed by atoms with Gasteiger partial charge in [-0.05, 0) is 19.4 Å². The molecule has 3 aliphatic heterocycles. The summed E-state index contributed by atoms with van der Waals surface area (Å²) in [7, 11) is 0. The molecule has 0 bridgehead atoms. The minimum Gasteiger partial charge on any atom is -0.438 e.